The number of hydrogen-bond donors (Lipinski definition) is 0. The molecule has 2 aromatic heterocycles. The average Bonchev–Trinajstić information content (AvgIpc) is 2.75. The van der Waals surface area contributed by atoms with Crippen molar-refractivity contribution < 1.29 is 4.92 Å². The highest BCUT2D eigenvalue weighted by Gasteiger charge is 2.23. The van der Waals surface area contributed by atoms with Gasteiger partial charge in [-0.1, -0.05) is 23.1 Å². The van der Waals surface area contributed by atoms with Crippen LogP contribution in [-0.2, 0) is 0 Å². The van der Waals surface area contributed by atoms with E-state index >= 15 is 0 Å². The van der Waals surface area contributed by atoms with Crippen LogP contribution in [0.25, 0.3) is 0 Å². The van der Waals surface area contributed by atoms with E-state index in [1.165, 1.54) is 30.0 Å². The second-order valence-corrected chi connectivity index (χ2v) is 6.73. The largest absolute Gasteiger partial charge is 0.322 e. The fourth-order valence-corrected chi connectivity index (χ4v) is 3.96. The number of aryl methyl sites for hydroxylation is 1. The summed E-state index contributed by atoms with van der Waals surface area (Å²) in [5, 5.41) is 19.0. The Hall–Kier alpha value is -0.970. The molecule has 0 saturated heterocycles. The first-order chi connectivity index (χ1) is 9.01. The Bertz CT molecular complexity index is 635. The standard InChI is InChI=1S/C8H6ClN5O2S3/c1-3-4(14(15)16)5(11-6(9)10-3)18-8-13-12-7(17-2)19-8/h1-2H3. The zero-order valence-electron chi connectivity index (χ0n) is 9.66. The Balaban J connectivity index is 2.40. The molecule has 7 nitrogen and oxygen atoms in total. The molecule has 0 bridgehead atoms. The van der Waals surface area contributed by atoms with E-state index in [0.717, 1.165) is 16.1 Å². The molecule has 2 heterocycles. The van der Waals surface area contributed by atoms with Crippen LogP contribution in [0.3, 0.4) is 0 Å². The molecule has 0 amide bonds. The fraction of sp³-hybridized carbons (Fsp3) is 0.250. The van der Waals surface area contributed by atoms with Gasteiger partial charge < -0.3 is 0 Å². The Morgan fingerprint density at radius 3 is 2.58 bits per heavy atom. The number of thioether (sulfide) groups is 1. The molecule has 0 unspecified atom stereocenters. The SMILES string of the molecule is CSc1nnc(Sc2nc(Cl)nc(C)c2[N+](=O)[O-])s1. The summed E-state index contributed by atoms with van der Waals surface area (Å²) in [7, 11) is 0. The number of halogens is 1. The van der Waals surface area contributed by atoms with Crippen molar-refractivity contribution in [3.05, 3.63) is 21.1 Å². The Morgan fingerprint density at radius 1 is 1.32 bits per heavy atom. The molecule has 100 valence electrons. The van der Waals surface area contributed by atoms with Crippen LogP contribution in [0.1, 0.15) is 5.69 Å². The molecule has 2 aromatic rings. The molecule has 0 fully saturated rings. The van der Waals surface area contributed by atoms with Gasteiger partial charge in [0.2, 0.25) is 5.28 Å². The summed E-state index contributed by atoms with van der Waals surface area (Å²) in [5.41, 5.74) is 0.0670. The van der Waals surface area contributed by atoms with E-state index in [0.29, 0.717) is 4.34 Å². The number of aromatic nitrogens is 4. The van der Waals surface area contributed by atoms with E-state index in [1.807, 2.05) is 6.26 Å². The van der Waals surface area contributed by atoms with Crippen molar-refractivity contribution in [2.24, 2.45) is 0 Å². The van der Waals surface area contributed by atoms with Crippen LogP contribution >= 0.6 is 46.5 Å². The maximum Gasteiger partial charge on any atom is 0.322 e. The first-order valence-electron chi connectivity index (χ1n) is 4.75. The van der Waals surface area contributed by atoms with E-state index in [4.69, 9.17) is 11.6 Å². The molecule has 2 rings (SSSR count). The van der Waals surface area contributed by atoms with Crippen molar-refractivity contribution in [2.75, 3.05) is 6.26 Å². The fourth-order valence-electron chi connectivity index (χ4n) is 1.19. The minimum atomic E-state index is -0.523. The smallest absolute Gasteiger partial charge is 0.258 e. The van der Waals surface area contributed by atoms with E-state index in [1.54, 1.807) is 0 Å². The molecule has 0 aromatic carbocycles. The van der Waals surface area contributed by atoms with Gasteiger partial charge in [-0.05, 0) is 36.5 Å². The van der Waals surface area contributed by atoms with Crippen molar-refractivity contribution in [3.63, 3.8) is 0 Å². The van der Waals surface area contributed by atoms with Crippen molar-refractivity contribution in [3.8, 4) is 0 Å². The predicted molar refractivity (Wildman–Crippen MR) is 74.2 cm³/mol. The molecular formula is C8H6ClN5O2S3. The van der Waals surface area contributed by atoms with Gasteiger partial charge in [0.25, 0.3) is 0 Å². The summed E-state index contributed by atoms with van der Waals surface area (Å²) in [6, 6.07) is 0. The number of nitro groups is 1. The highest BCUT2D eigenvalue weighted by Crippen LogP contribution is 2.37. The molecule has 0 N–H and O–H groups in total. The summed E-state index contributed by atoms with van der Waals surface area (Å²) in [6.45, 7) is 1.52. The van der Waals surface area contributed by atoms with Gasteiger partial charge in [0.05, 0.1) is 4.92 Å². The monoisotopic (exact) mass is 335 g/mol. The van der Waals surface area contributed by atoms with Crippen LogP contribution < -0.4 is 0 Å². The van der Waals surface area contributed by atoms with E-state index in [2.05, 4.69) is 20.2 Å². The van der Waals surface area contributed by atoms with Crippen molar-refractivity contribution in [1.82, 2.24) is 20.2 Å². The Kier molecular flexibility index (Phi) is 4.55. The lowest BCUT2D eigenvalue weighted by Crippen LogP contribution is -2.00. The summed E-state index contributed by atoms with van der Waals surface area (Å²) < 4.78 is 1.35. The minimum Gasteiger partial charge on any atom is -0.258 e. The lowest BCUT2D eigenvalue weighted by atomic mass is 10.4. The molecule has 11 heteroatoms. The lowest BCUT2D eigenvalue weighted by molar-refractivity contribution is -0.389. The highest BCUT2D eigenvalue weighted by atomic mass is 35.5. The zero-order chi connectivity index (χ0) is 14.0. The van der Waals surface area contributed by atoms with Gasteiger partial charge in [0.15, 0.2) is 13.7 Å². The van der Waals surface area contributed by atoms with Crippen LogP contribution in [0.15, 0.2) is 13.7 Å². The second-order valence-electron chi connectivity index (χ2n) is 3.13. The maximum atomic E-state index is 11.0. The predicted octanol–water partition coefficient (Wildman–Crippen LogP) is 3.07. The van der Waals surface area contributed by atoms with E-state index in [9.17, 15) is 10.1 Å². The minimum absolute atomic E-state index is 0.0276. The van der Waals surface area contributed by atoms with E-state index in [-0.39, 0.29) is 21.7 Å². The average molecular weight is 336 g/mol. The van der Waals surface area contributed by atoms with Gasteiger partial charge in [0, 0.05) is 0 Å². The molecule has 0 aliphatic rings. The van der Waals surface area contributed by atoms with E-state index < -0.39 is 4.92 Å². The van der Waals surface area contributed by atoms with Crippen LogP contribution in [0.2, 0.25) is 5.28 Å². The van der Waals surface area contributed by atoms with Crippen LogP contribution in [0.5, 0.6) is 0 Å². The summed E-state index contributed by atoms with van der Waals surface area (Å²) in [5.74, 6) is 0. The zero-order valence-corrected chi connectivity index (χ0v) is 12.9. The van der Waals surface area contributed by atoms with Gasteiger partial charge in [-0.15, -0.1) is 10.2 Å². The van der Waals surface area contributed by atoms with Gasteiger partial charge in [-0.25, -0.2) is 9.97 Å². The van der Waals surface area contributed by atoms with Gasteiger partial charge in [-0.3, -0.25) is 10.1 Å². The molecule has 19 heavy (non-hydrogen) atoms. The topological polar surface area (TPSA) is 94.7 Å². The first-order valence-corrected chi connectivity index (χ1v) is 7.98. The number of hydrogen-bond acceptors (Lipinski definition) is 9. The Morgan fingerprint density at radius 2 is 2.00 bits per heavy atom. The van der Waals surface area contributed by atoms with Crippen LogP contribution in [-0.4, -0.2) is 31.3 Å². The first kappa shape index (κ1) is 14.4. The number of nitrogens with zero attached hydrogens (tertiary/aromatic N) is 5. The maximum absolute atomic E-state index is 11.0. The van der Waals surface area contributed by atoms with Crippen LogP contribution in [0, 0.1) is 17.0 Å². The molecule has 0 saturated carbocycles. The van der Waals surface area contributed by atoms with Gasteiger partial charge in [0.1, 0.15) is 5.69 Å². The third kappa shape index (κ3) is 3.32. The van der Waals surface area contributed by atoms with Crippen molar-refractivity contribution >= 4 is 52.1 Å². The molecular weight excluding hydrogens is 330 g/mol. The lowest BCUT2D eigenvalue weighted by Gasteiger charge is -2.02. The second kappa shape index (κ2) is 5.99. The summed E-state index contributed by atoms with van der Waals surface area (Å²) in [6.07, 6.45) is 1.88. The quantitative estimate of drug-likeness (QED) is 0.276. The third-order valence-corrected chi connectivity index (χ3v) is 5.02. The molecule has 0 radical (unpaired) electrons. The van der Waals surface area contributed by atoms with Crippen molar-refractivity contribution in [2.45, 2.75) is 20.6 Å². The normalized spacial score (nSPS) is 10.7. The summed E-state index contributed by atoms with van der Waals surface area (Å²) in [4.78, 5) is 18.2. The molecule has 0 spiro atoms. The van der Waals surface area contributed by atoms with Gasteiger partial charge in [-0.2, -0.15) is 0 Å². The molecule has 0 aliphatic heterocycles. The highest BCUT2D eigenvalue weighted by molar-refractivity contribution is 8.03. The van der Waals surface area contributed by atoms with Gasteiger partial charge >= 0.3 is 5.69 Å². The Labute approximate surface area is 125 Å². The third-order valence-electron chi connectivity index (χ3n) is 1.93. The molecule has 0 aliphatic carbocycles. The van der Waals surface area contributed by atoms with Crippen molar-refractivity contribution in [1.29, 1.82) is 0 Å². The number of rotatable bonds is 4. The summed E-state index contributed by atoms with van der Waals surface area (Å²) >= 11 is 9.59. The van der Waals surface area contributed by atoms with Crippen LogP contribution in [0.4, 0.5) is 5.69 Å². The molecule has 0 atom stereocenters.